The Labute approximate surface area is 121 Å². The van der Waals surface area contributed by atoms with Gasteiger partial charge >= 0.3 is 7.12 Å². The minimum atomic E-state index is -0.473. The molecule has 1 unspecified atom stereocenters. The van der Waals surface area contributed by atoms with Crippen LogP contribution in [0.2, 0.25) is 0 Å². The van der Waals surface area contributed by atoms with Crippen molar-refractivity contribution >= 4 is 12.6 Å². The lowest BCUT2D eigenvalue weighted by Crippen LogP contribution is -2.41. The first kappa shape index (κ1) is 15.0. The van der Waals surface area contributed by atoms with Gasteiger partial charge < -0.3 is 9.31 Å². The van der Waals surface area contributed by atoms with Crippen LogP contribution in [-0.2, 0) is 9.31 Å². The molecule has 0 spiro atoms. The van der Waals surface area contributed by atoms with Gasteiger partial charge in [-0.15, -0.1) is 0 Å². The number of rotatable bonds is 2. The minimum Gasteiger partial charge on any atom is -0.399 e. The standard InChI is InChI=1S/C15H21BN2O2/c1-10(9-17)12-7-8-18-11(2)13(12)16-19-14(3,4)15(5,6)20-16/h7-8,10H,1-6H3. The van der Waals surface area contributed by atoms with Crippen molar-refractivity contribution in [1.82, 2.24) is 4.98 Å². The van der Waals surface area contributed by atoms with Crippen molar-refractivity contribution in [2.45, 2.75) is 58.7 Å². The number of aromatic nitrogens is 1. The van der Waals surface area contributed by atoms with E-state index in [1.54, 1.807) is 6.20 Å². The van der Waals surface area contributed by atoms with E-state index in [1.165, 1.54) is 0 Å². The molecule has 106 valence electrons. The van der Waals surface area contributed by atoms with Crippen molar-refractivity contribution in [3.63, 3.8) is 0 Å². The Morgan fingerprint density at radius 3 is 2.30 bits per heavy atom. The monoisotopic (exact) mass is 272 g/mol. The summed E-state index contributed by atoms with van der Waals surface area (Å²) in [5.41, 5.74) is 1.88. The minimum absolute atomic E-state index is 0.217. The van der Waals surface area contributed by atoms with E-state index in [2.05, 4.69) is 11.1 Å². The second-order valence-corrected chi connectivity index (χ2v) is 6.34. The third kappa shape index (κ3) is 2.34. The first-order chi connectivity index (χ1) is 9.19. The maximum Gasteiger partial charge on any atom is 0.497 e. The fourth-order valence-electron chi connectivity index (χ4n) is 2.31. The maximum atomic E-state index is 9.20. The van der Waals surface area contributed by atoms with Crippen LogP contribution in [0.5, 0.6) is 0 Å². The fraction of sp³-hybridized carbons (Fsp3) is 0.600. The van der Waals surface area contributed by atoms with E-state index in [4.69, 9.17) is 9.31 Å². The fourth-order valence-corrected chi connectivity index (χ4v) is 2.31. The van der Waals surface area contributed by atoms with Crippen LogP contribution in [-0.4, -0.2) is 23.3 Å². The Morgan fingerprint density at radius 2 is 1.80 bits per heavy atom. The van der Waals surface area contributed by atoms with Gasteiger partial charge in [0.25, 0.3) is 0 Å². The number of nitriles is 1. The quantitative estimate of drug-likeness (QED) is 0.775. The molecule has 1 fully saturated rings. The summed E-state index contributed by atoms with van der Waals surface area (Å²) in [6.07, 6.45) is 1.73. The van der Waals surface area contributed by atoms with Crippen LogP contribution < -0.4 is 5.46 Å². The van der Waals surface area contributed by atoms with E-state index in [1.807, 2.05) is 47.6 Å². The van der Waals surface area contributed by atoms with E-state index in [-0.39, 0.29) is 5.92 Å². The molecule has 0 saturated carbocycles. The number of hydrogen-bond donors (Lipinski definition) is 0. The van der Waals surface area contributed by atoms with E-state index < -0.39 is 18.3 Å². The predicted molar refractivity (Wildman–Crippen MR) is 78.7 cm³/mol. The lowest BCUT2D eigenvalue weighted by Gasteiger charge is -2.32. The highest BCUT2D eigenvalue weighted by Crippen LogP contribution is 2.37. The first-order valence-corrected chi connectivity index (χ1v) is 6.90. The van der Waals surface area contributed by atoms with Gasteiger partial charge in [0.05, 0.1) is 23.2 Å². The highest BCUT2D eigenvalue weighted by molar-refractivity contribution is 6.63. The molecular formula is C15H21BN2O2. The van der Waals surface area contributed by atoms with Gasteiger partial charge in [0.2, 0.25) is 0 Å². The summed E-state index contributed by atoms with van der Waals surface area (Å²) in [6.45, 7) is 11.9. The van der Waals surface area contributed by atoms with Crippen LogP contribution >= 0.6 is 0 Å². The van der Waals surface area contributed by atoms with Gasteiger partial charge in [0.15, 0.2) is 0 Å². The molecule has 2 rings (SSSR count). The zero-order chi connectivity index (χ0) is 15.1. The molecule has 0 radical (unpaired) electrons. The van der Waals surface area contributed by atoms with Crippen molar-refractivity contribution in [3.05, 3.63) is 23.5 Å². The van der Waals surface area contributed by atoms with Gasteiger partial charge in [0, 0.05) is 17.4 Å². The zero-order valence-electron chi connectivity index (χ0n) is 13.0. The predicted octanol–water partition coefficient (Wildman–Crippen LogP) is 2.32. The van der Waals surface area contributed by atoms with Crippen LogP contribution in [0.4, 0.5) is 0 Å². The van der Waals surface area contributed by atoms with Crippen molar-refractivity contribution < 1.29 is 9.31 Å². The van der Waals surface area contributed by atoms with E-state index >= 15 is 0 Å². The topological polar surface area (TPSA) is 55.1 Å². The average molecular weight is 272 g/mol. The summed E-state index contributed by atoms with van der Waals surface area (Å²) in [4.78, 5) is 4.33. The third-order valence-electron chi connectivity index (χ3n) is 4.37. The smallest absolute Gasteiger partial charge is 0.399 e. The molecule has 0 aromatic carbocycles. The average Bonchev–Trinajstić information content (AvgIpc) is 2.56. The molecule has 0 bridgehead atoms. The lowest BCUT2D eigenvalue weighted by molar-refractivity contribution is 0.00578. The number of hydrogen-bond acceptors (Lipinski definition) is 4. The van der Waals surface area contributed by atoms with Gasteiger partial charge in [-0.25, -0.2) is 0 Å². The van der Waals surface area contributed by atoms with E-state index in [0.29, 0.717) is 0 Å². The number of aryl methyl sites for hydroxylation is 1. The van der Waals surface area contributed by atoms with Gasteiger partial charge in [-0.3, -0.25) is 4.98 Å². The lowest BCUT2D eigenvalue weighted by atomic mass is 9.72. The molecule has 2 heterocycles. The molecule has 5 heteroatoms. The summed E-state index contributed by atoms with van der Waals surface area (Å²) in [7, 11) is -0.473. The Kier molecular flexibility index (Phi) is 3.66. The normalized spacial score (nSPS) is 21.6. The van der Waals surface area contributed by atoms with Crippen LogP contribution in [0.25, 0.3) is 0 Å². The Hall–Kier alpha value is -1.38. The molecule has 20 heavy (non-hydrogen) atoms. The summed E-state index contributed by atoms with van der Waals surface area (Å²) in [5.74, 6) is -0.217. The zero-order valence-corrected chi connectivity index (χ0v) is 13.0. The van der Waals surface area contributed by atoms with Crippen LogP contribution in [0, 0.1) is 18.3 Å². The van der Waals surface area contributed by atoms with Gasteiger partial charge in [-0.1, -0.05) is 0 Å². The van der Waals surface area contributed by atoms with Crippen molar-refractivity contribution in [1.29, 1.82) is 5.26 Å². The molecular weight excluding hydrogens is 251 g/mol. The number of nitrogens with zero attached hydrogens (tertiary/aromatic N) is 2. The van der Waals surface area contributed by atoms with Crippen molar-refractivity contribution in [2.75, 3.05) is 0 Å². The van der Waals surface area contributed by atoms with E-state index in [9.17, 15) is 5.26 Å². The number of pyridine rings is 1. The van der Waals surface area contributed by atoms with Crippen LogP contribution in [0.1, 0.15) is 51.8 Å². The Balaban J connectivity index is 2.48. The highest BCUT2D eigenvalue weighted by atomic mass is 16.7. The van der Waals surface area contributed by atoms with Gasteiger partial charge in [0.1, 0.15) is 0 Å². The second-order valence-electron chi connectivity index (χ2n) is 6.34. The second kappa shape index (κ2) is 4.87. The molecule has 1 aliphatic heterocycles. The molecule has 1 atom stereocenters. The molecule has 0 amide bonds. The first-order valence-electron chi connectivity index (χ1n) is 6.90. The molecule has 1 aliphatic rings. The SMILES string of the molecule is Cc1nccc(C(C)C#N)c1B1OC(C)(C)C(C)(C)O1. The molecule has 0 N–H and O–H groups in total. The highest BCUT2D eigenvalue weighted by Gasteiger charge is 2.52. The maximum absolute atomic E-state index is 9.20. The molecule has 1 aromatic heterocycles. The van der Waals surface area contributed by atoms with E-state index in [0.717, 1.165) is 16.7 Å². The molecule has 1 aromatic rings. The van der Waals surface area contributed by atoms with Crippen molar-refractivity contribution in [2.24, 2.45) is 0 Å². The Bertz CT molecular complexity index is 547. The summed E-state index contributed by atoms with van der Waals surface area (Å²) in [6, 6.07) is 4.15. The Morgan fingerprint density at radius 1 is 1.25 bits per heavy atom. The molecule has 4 nitrogen and oxygen atoms in total. The molecule has 0 aliphatic carbocycles. The van der Waals surface area contributed by atoms with Gasteiger partial charge in [-0.05, 0) is 53.2 Å². The molecule has 1 saturated heterocycles. The van der Waals surface area contributed by atoms with Crippen molar-refractivity contribution in [3.8, 4) is 6.07 Å². The largest absolute Gasteiger partial charge is 0.497 e. The third-order valence-corrected chi connectivity index (χ3v) is 4.37. The summed E-state index contributed by atoms with van der Waals surface area (Å²) in [5, 5.41) is 9.20. The van der Waals surface area contributed by atoms with Crippen LogP contribution in [0.15, 0.2) is 12.3 Å². The van der Waals surface area contributed by atoms with Gasteiger partial charge in [-0.2, -0.15) is 5.26 Å². The van der Waals surface area contributed by atoms with Crippen LogP contribution in [0.3, 0.4) is 0 Å². The summed E-state index contributed by atoms with van der Waals surface area (Å²) >= 11 is 0. The summed E-state index contributed by atoms with van der Waals surface area (Å²) < 4.78 is 12.2.